The molecule has 0 amide bonds. The van der Waals surface area contributed by atoms with Crippen molar-refractivity contribution in [2.24, 2.45) is 0 Å². The topological polar surface area (TPSA) is 92.5 Å². The van der Waals surface area contributed by atoms with Gasteiger partial charge in [-0.1, -0.05) is 6.07 Å². The Morgan fingerprint density at radius 3 is 1.34 bits per heavy atom. The van der Waals surface area contributed by atoms with Gasteiger partial charge < -0.3 is 21.7 Å². The van der Waals surface area contributed by atoms with E-state index in [-0.39, 0.29) is 12.1 Å². The molecule has 0 aliphatic carbocycles. The van der Waals surface area contributed by atoms with Crippen LogP contribution in [0.1, 0.15) is 11.1 Å². The molecule has 0 fully saturated rings. The Hall–Kier alpha value is -2.62. The first-order valence-corrected chi connectivity index (χ1v) is 7.86. The van der Waals surface area contributed by atoms with Crippen LogP contribution in [0.5, 0.6) is 0 Å². The fourth-order valence-electron chi connectivity index (χ4n) is 3.03. The highest BCUT2D eigenvalue weighted by Gasteiger charge is 2.73. The minimum atomic E-state index is -6.47. The van der Waals surface area contributed by atoms with E-state index < -0.39 is 69.2 Å². The van der Waals surface area contributed by atoms with E-state index in [9.17, 15) is 62.9 Å². The highest BCUT2D eigenvalue weighted by Crippen LogP contribution is 2.55. The van der Waals surface area contributed by atoms with Crippen molar-refractivity contribution >= 4 is 22.1 Å². The van der Waals surface area contributed by atoms with Crippen molar-refractivity contribution < 1.29 is 62.9 Å². The Morgan fingerprint density at radius 2 is 0.969 bits per heavy atom. The zero-order valence-electron chi connectivity index (χ0n) is 14.9. The lowest BCUT2D eigenvalue weighted by Gasteiger charge is -2.35. The lowest BCUT2D eigenvalue weighted by atomic mass is 9.83. The first-order valence-electron chi connectivity index (χ1n) is 7.86. The summed E-state index contributed by atoms with van der Waals surface area (Å²) in [6.45, 7) is 0. The van der Waals surface area contributed by atoms with Crippen LogP contribution >= 0.6 is 0 Å². The predicted octanol–water partition coefficient (Wildman–Crippen LogP) is 4.63. The fourth-order valence-corrected chi connectivity index (χ4v) is 3.03. The number of hydrogen-bond donors (Lipinski definition) is 4. The van der Waals surface area contributed by atoms with Crippen LogP contribution in [0.15, 0.2) is 24.3 Å². The van der Waals surface area contributed by atoms with Crippen LogP contribution in [-0.4, -0.2) is 34.9 Å². The van der Waals surface area contributed by atoms with Crippen LogP contribution in [0.4, 0.5) is 64.1 Å². The van der Waals surface area contributed by atoms with Gasteiger partial charge in [-0.15, -0.1) is 0 Å². The first-order chi connectivity index (χ1) is 14.0. The maximum absolute atomic E-state index is 13.3. The summed E-state index contributed by atoms with van der Waals surface area (Å²) in [6, 6.07) is 0.473. The van der Waals surface area contributed by atoms with E-state index in [1.54, 1.807) is 0 Å². The Balaban J connectivity index is 3.05. The summed E-state index contributed by atoms with van der Waals surface area (Å²) in [6.07, 6.45) is -25.8. The highest BCUT2D eigenvalue weighted by atomic mass is 19.4. The smallest absolute Gasteiger partial charge is 0.398 e. The van der Waals surface area contributed by atoms with Gasteiger partial charge in [0, 0.05) is 22.5 Å². The van der Waals surface area contributed by atoms with Crippen molar-refractivity contribution in [3.8, 4) is 0 Å². The SMILES string of the molecule is Nc1cc2c(C(O)(C(F)(F)F)C(F)(F)F)c(N)ccc2cc1C(O)(C(F)(F)F)C(F)(F)F. The summed E-state index contributed by atoms with van der Waals surface area (Å²) in [4.78, 5) is 0. The Kier molecular flexibility index (Phi) is 5.56. The third-order valence-corrected chi connectivity index (χ3v) is 4.61. The van der Waals surface area contributed by atoms with Crippen LogP contribution in [0.3, 0.4) is 0 Å². The minimum absolute atomic E-state index is 0.110. The number of nitrogens with two attached hydrogens (primary N) is 2. The van der Waals surface area contributed by atoms with Crippen LogP contribution in [0, 0.1) is 0 Å². The van der Waals surface area contributed by atoms with Crippen molar-refractivity contribution in [1.82, 2.24) is 0 Å². The summed E-state index contributed by atoms with van der Waals surface area (Å²) in [5.74, 6) is 0. The molecule has 0 spiro atoms. The number of halogens is 12. The lowest BCUT2D eigenvalue weighted by Crippen LogP contribution is -2.54. The molecule has 2 rings (SSSR count). The molecular weight excluding hydrogens is 480 g/mol. The number of benzene rings is 2. The summed E-state index contributed by atoms with van der Waals surface area (Å²) in [5.41, 5.74) is -8.26. The van der Waals surface area contributed by atoms with Gasteiger partial charge in [-0.25, -0.2) is 0 Å². The van der Waals surface area contributed by atoms with Crippen molar-refractivity contribution in [2.75, 3.05) is 11.5 Å². The summed E-state index contributed by atoms with van der Waals surface area (Å²) >= 11 is 0. The molecule has 6 N–H and O–H groups in total. The number of nitrogen functional groups attached to an aromatic ring is 2. The van der Waals surface area contributed by atoms with Crippen molar-refractivity contribution in [3.05, 3.63) is 35.4 Å². The number of fused-ring (bicyclic) bond motifs is 1. The van der Waals surface area contributed by atoms with Gasteiger partial charge in [-0.3, -0.25) is 0 Å². The third kappa shape index (κ3) is 3.44. The van der Waals surface area contributed by atoms with Gasteiger partial charge in [0.2, 0.25) is 0 Å². The quantitative estimate of drug-likeness (QED) is 0.365. The molecule has 0 radical (unpaired) electrons. The molecule has 32 heavy (non-hydrogen) atoms. The largest absolute Gasteiger partial charge is 0.430 e. The zero-order chi connectivity index (χ0) is 25.3. The molecule has 0 heterocycles. The Labute approximate surface area is 169 Å². The first kappa shape index (κ1) is 25.6. The maximum Gasteiger partial charge on any atom is 0.430 e. The van der Waals surface area contributed by atoms with E-state index in [0.29, 0.717) is 12.1 Å². The second-order valence-electron chi connectivity index (χ2n) is 6.60. The second-order valence-corrected chi connectivity index (χ2v) is 6.60. The lowest BCUT2D eigenvalue weighted by molar-refractivity contribution is -0.376. The summed E-state index contributed by atoms with van der Waals surface area (Å²) < 4.78 is 158. The number of anilines is 2. The zero-order valence-corrected chi connectivity index (χ0v) is 14.9. The number of hydrogen-bond acceptors (Lipinski definition) is 4. The van der Waals surface area contributed by atoms with Crippen molar-refractivity contribution in [2.45, 2.75) is 35.9 Å². The molecule has 16 heteroatoms. The molecule has 2 aromatic carbocycles. The molecule has 0 aromatic heterocycles. The van der Waals surface area contributed by atoms with Gasteiger partial charge in [-0.2, -0.15) is 52.7 Å². The molecule has 0 atom stereocenters. The van der Waals surface area contributed by atoms with E-state index in [1.165, 1.54) is 0 Å². The third-order valence-electron chi connectivity index (χ3n) is 4.61. The van der Waals surface area contributed by atoms with Crippen LogP contribution in [-0.2, 0) is 11.2 Å². The molecule has 4 nitrogen and oxygen atoms in total. The monoisotopic (exact) mass is 490 g/mol. The van der Waals surface area contributed by atoms with Crippen LogP contribution in [0.25, 0.3) is 10.8 Å². The Bertz CT molecular complexity index is 1010. The fraction of sp³-hybridized carbons (Fsp3) is 0.375. The van der Waals surface area contributed by atoms with E-state index in [0.717, 1.165) is 0 Å². The molecule has 0 saturated carbocycles. The maximum atomic E-state index is 13.3. The number of rotatable bonds is 2. The standard InChI is InChI=1S/C16H10F12N2O2/c17-13(18,19)11(31,14(20,21)22)7-3-5-1-2-8(29)10(6(5)4-9(7)30)12(32,15(23,24)25)16(26,27)28/h1-4,31-32H,29-30H2. The highest BCUT2D eigenvalue weighted by molar-refractivity contribution is 5.94. The molecule has 0 unspecified atom stereocenters. The van der Waals surface area contributed by atoms with Crippen molar-refractivity contribution in [3.63, 3.8) is 0 Å². The van der Waals surface area contributed by atoms with E-state index in [2.05, 4.69) is 0 Å². The van der Waals surface area contributed by atoms with Gasteiger partial charge in [0.1, 0.15) is 0 Å². The normalized spacial score (nSPS) is 14.8. The van der Waals surface area contributed by atoms with Gasteiger partial charge in [0.25, 0.3) is 11.2 Å². The molecule has 0 aliphatic heterocycles. The van der Waals surface area contributed by atoms with Crippen LogP contribution < -0.4 is 11.5 Å². The minimum Gasteiger partial charge on any atom is -0.398 e. The molecular formula is C16H10F12N2O2. The van der Waals surface area contributed by atoms with Gasteiger partial charge >= 0.3 is 24.7 Å². The molecule has 180 valence electrons. The predicted molar refractivity (Wildman–Crippen MR) is 84.8 cm³/mol. The second kappa shape index (κ2) is 6.94. The molecule has 2 aromatic rings. The molecule has 0 bridgehead atoms. The number of alkyl halides is 12. The van der Waals surface area contributed by atoms with Gasteiger partial charge in [-0.05, 0) is 29.0 Å². The summed E-state index contributed by atoms with van der Waals surface area (Å²) in [5, 5.41) is 16.7. The molecule has 0 saturated heterocycles. The summed E-state index contributed by atoms with van der Waals surface area (Å²) in [7, 11) is 0. The Morgan fingerprint density at radius 1 is 0.562 bits per heavy atom. The molecule has 0 aliphatic rings. The van der Waals surface area contributed by atoms with E-state index >= 15 is 0 Å². The van der Waals surface area contributed by atoms with Gasteiger partial charge in [0.15, 0.2) is 0 Å². The van der Waals surface area contributed by atoms with E-state index in [4.69, 9.17) is 11.5 Å². The van der Waals surface area contributed by atoms with Crippen molar-refractivity contribution in [1.29, 1.82) is 0 Å². The van der Waals surface area contributed by atoms with Crippen LogP contribution in [0.2, 0.25) is 0 Å². The number of aliphatic hydroxyl groups is 2. The average Bonchev–Trinajstić information content (AvgIpc) is 2.56. The van der Waals surface area contributed by atoms with Gasteiger partial charge in [0.05, 0.1) is 0 Å². The average molecular weight is 490 g/mol. The van der Waals surface area contributed by atoms with E-state index in [1.807, 2.05) is 0 Å².